The first-order chi connectivity index (χ1) is 9.47. The molecule has 0 saturated carbocycles. The number of aliphatic carboxylic acids is 1. The van der Waals surface area contributed by atoms with Gasteiger partial charge in [0.25, 0.3) is 0 Å². The molecule has 0 heterocycles. The Labute approximate surface area is 122 Å². The third-order valence-electron chi connectivity index (χ3n) is 2.66. The Morgan fingerprint density at radius 3 is 2.70 bits per heavy atom. The van der Waals surface area contributed by atoms with Crippen molar-refractivity contribution in [3.8, 4) is 5.75 Å². The van der Waals surface area contributed by atoms with Gasteiger partial charge < -0.3 is 20.1 Å². The van der Waals surface area contributed by atoms with E-state index in [1.807, 2.05) is 18.4 Å². The molecule has 2 amide bonds. The monoisotopic (exact) mass is 298 g/mol. The summed E-state index contributed by atoms with van der Waals surface area (Å²) in [4.78, 5) is 24.7. The number of carbonyl (C=O) groups is 2. The van der Waals surface area contributed by atoms with Gasteiger partial charge in [-0.05, 0) is 24.5 Å². The lowest BCUT2D eigenvalue weighted by Crippen LogP contribution is -2.33. The Kier molecular flexibility index (Phi) is 6.17. The largest absolute Gasteiger partial charge is 0.495 e. The Hall–Kier alpha value is -1.89. The van der Waals surface area contributed by atoms with E-state index in [9.17, 15) is 9.59 Å². The molecule has 0 aliphatic rings. The molecule has 6 nitrogen and oxygen atoms in total. The SMILES string of the molecule is COc1cc(SC)ccc1NC(=O)N(C)CCC(=O)O. The van der Waals surface area contributed by atoms with Gasteiger partial charge in [-0.25, -0.2) is 4.79 Å². The highest BCUT2D eigenvalue weighted by molar-refractivity contribution is 7.98. The third-order valence-corrected chi connectivity index (χ3v) is 3.38. The van der Waals surface area contributed by atoms with Crippen molar-refractivity contribution in [1.82, 2.24) is 4.90 Å². The van der Waals surface area contributed by atoms with Crippen molar-refractivity contribution >= 4 is 29.4 Å². The highest BCUT2D eigenvalue weighted by atomic mass is 32.2. The minimum absolute atomic E-state index is 0.0908. The van der Waals surface area contributed by atoms with Crippen LogP contribution in [0.2, 0.25) is 0 Å². The number of thioether (sulfide) groups is 1. The van der Waals surface area contributed by atoms with Gasteiger partial charge in [0, 0.05) is 18.5 Å². The summed E-state index contributed by atoms with van der Waals surface area (Å²) >= 11 is 1.58. The summed E-state index contributed by atoms with van der Waals surface area (Å²) in [6.07, 6.45) is 1.86. The number of carbonyl (C=O) groups excluding carboxylic acids is 1. The van der Waals surface area contributed by atoms with Gasteiger partial charge in [-0.2, -0.15) is 0 Å². The number of benzene rings is 1. The summed E-state index contributed by atoms with van der Waals surface area (Å²) in [7, 11) is 3.07. The van der Waals surface area contributed by atoms with Crippen LogP contribution in [0.3, 0.4) is 0 Å². The average Bonchev–Trinajstić information content (AvgIpc) is 2.44. The maximum absolute atomic E-state index is 11.9. The number of hydrogen-bond acceptors (Lipinski definition) is 4. The van der Waals surface area contributed by atoms with Gasteiger partial charge in [-0.1, -0.05) is 0 Å². The lowest BCUT2D eigenvalue weighted by atomic mass is 10.3. The van der Waals surface area contributed by atoms with Crippen molar-refractivity contribution in [2.24, 2.45) is 0 Å². The molecule has 0 radical (unpaired) electrons. The topological polar surface area (TPSA) is 78.9 Å². The molecule has 0 unspecified atom stereocenters. The molecule has 0 bridgehead atoms. The van der Waals surface area contributed by atoms with Gasteiger partial charge in [0.15, 0.2) is 0 Å². The molecule has 0 aliphatic carbocycles. The molecular formula is C13H18N2O4S. The number of carboxylic acids is 1. The molecule has 1 rings (SSSR count). The molecule has 0 fully saturated rings. The maximum Gasteiger partial charge on any atom is 0.321 e. The van der Waals surface area contributed by atoms with Crippen LogP contribution in [0.1, 0.15) is 6.42 Å². The Balaban J connectivity index is 2.72. The van der Waals surface area contributed by atoms with Crippen molar-refractivity contribution in [3.05, 3.63) is 18.2 Å². The Bertz CT molecular complexity index is 493. The number of hydrogen-bond donors (Lipinski definition) is 2. The van der Waals surface area contributed by atoms with E-state index in [4.69, 9.17) is 9.84 Å². The van der Waals surface area contributed by atoms with Crippen molar-refractivity contribution < 1.29 is 19.4 Å². The highest BCUT2D eigenvalue weighted by Crippen LogP contribution is 2.29. The molecule has 7 heteroatoms. The average molecular weight is 298 g/mol. The number of anilines is 1. The van der Waals surface area contributed by atoms with E-state index < -0.39 is 5.97 Å². The second-order valence-electron chi connectivity index (χ2n) is 4.06. The molecule has 0 saturated heterocycles. The maximum atomic E-state index is 11.9. The molecule has 0 spiro atoms. The normalized spacial score (nSPS) is 9.95. The van der Waals surface area contributed by atoms with Crippen molar-refractivity contribution in [1.29, 1.82) is 0 Å². The van der Waals surface area contributed by atoms with E-state index >= 15 is 0 Å². The predicted molar refractivity (Wildman–Crippen MR) is 78.7 cm³/mol. The van der Waals surface area contributed by atoms with Gasteiger partial charge in [-0.3, -0.25) is 4.79 Å². The van der Waals surface area contributed by atoms with Crippen LogP contribution >= 0.6 is 11.8 Å². The standard InChI is InChI=1S/C13H18N2O4S/c1-15(7-6-12(16)17)13(18)14-10-5-4-9(20-3)8-11(10)19-2/h4-5,8H,6-7H2,1-3H3,(H,14,18)(H,16,17). The molecule has 1 aromatic rings. The minimum atomic E-state index is -0.938. The second kappa shape index (κ2) is 7.64. The van der Waals surface area contributed by atoms with E-state index in [1.54, 1.807) is 24.9 Å². The smallest absolute Gasteiger partial charge is 0.321 e. The lowest BCUT2D eigenvalue weighted by Gasteiger charge is -2.18. The van der Waals surface area contributed by atoms with Gasteiger partial charge in [0.05, 0.1) is 19.2 Å². The van der Waals surface area contributed by atoms with Crippen LogP contribution in [0, 0.1) is 0 Å². The van der Waals surface area contributed by atoms with Crippen molar-refractivity contribution in [3.63, 3.8) is 0 Å². The Morgan fingerprint density at radius 2 is 2.15 bits per heavy atom. The highest BCUT2D eigenvalue weighted by Gasteiger charge is 2.13. The fourth-order valence-electron chi connectivity index (χ4n) is 1.48. The van der Waals surface area contributed by atoms with Crippen molar-refractivity contribution in [2.45, 2.75) is 11.3 Å². The number of carboxylic acid groups (broad SMARTS) is 1. The number of nitrogens with zero attached hydrogens (tertiary/aromatic N) is 1. The number of ether oxygens (including phenoxy) is 1. The molecule has 0 aromatic heterocycles. The summed E-state index contributed by atoms with van der Waals surface area (Å²) in [6.45, 7) is 0.145. The van der Waals surface area contributed by atoms with Gasteiger partial charge in [0.1, 0.15) is 5.75 Å². The summed E-state index contributed by atoms with van der Waals surface area (Å²) in [6, 6.07) is 5.09. The van der Waals surface area contributed by atoms with Crippen LogP contribution in [0.15, 0.2) is 23.1 Å². The molecule has 0 aliphatic heterocycles. The van der Waals surface area contributed by atoms with E-state index in [-0.39, 0.29) is 19.0 Å². The zero-order valence-electron chi connectivity index (χ0n) is 11.7. The second-order valence-corrected chi connectivity index (χ2v) is 4.94. The number of amides is 2. The summed E-state index contributed by atoms with van der Waals surface area (Å²) < 4.78 is 5.23. The summed E-state index contributed by atoms with van der Waals surface area (Å²) in [5, 5.41) is 11.3. The van der Waals surface area contributed by atoms with E-state index in [0.29, 0.717) is 11.4 Å². The summed E-state index contributed by atoms with van der Waals surface area (Å²) in [5.74, 6) is -0.372. The van der Waals surface area contributed by atoms with Crippen LogP contribution in [-0.2, 0) is 4.79 Å². The van der Waals surface area contributed by atoms with Crippen LogP contribution in [0.25, 0.3) is 0 Å². The van der Waals surface area contributed by atoms with Crippen LogP contribution in [0.4, 0.5) is 10.5 Å². The van der Waals surface area contributed by atoms with E-state index in [2.05, 4.69) is 5.32 Å². The predicted octanol–water partition coefficient (Wildman–Crippen LogP) is 2.36. The quantitative estimate of drug-likeness (QED) is 0.788. The Morgan fingerprint density at radius 1 is 1.45 bits per heavy atom. The first-order valence-electron chi connectivity index (χ1n) is 5.94. The third kappa shape index (κ3) is 4.65. The van der Waals surface area contributed by atoms with Crippen LogP contribution in [0.5, 0.6) is 5.75 Å². The minimum Gasteiger partial charge on any atom is -0.495 e. The zero-order valence-corrected chi connectivity index (χ0v) is 12.5. The lowest BCUT2D eigenvalue weighted by molar-refractivity contribution is -0.137. The fraction of sp³-hybridized carbons (Fsp3) is 0.385. The molecule has 20 heavy (non-hydrogen) atoms. The van der Waals surface area contributed by atoms with E-state index in [1.165, 1.54) is 12.0 Å². The van der Waals surface area contributed by atoms with Crippen molar-refractivity contribution in [2.75, 3.05) is 32.3 Å². The molecule has 110 valence electrons. The van der Waals surface area contributed by atoms with Gasteiger partial charge in [-0.15, -0.1) is 11.8 Å². The zero-order chi connectivity index (χ0) is 15.1. The van der Waals surface area contributed by atoms with Gasteiger partial charge in [0.2, 0.25) is 0 Å². The number of methoxy groups -OCH3 is 1. The molecular weight excluding hydrogens is 280 g/mol. The molecule has 0 atom stereocenters. The van der Waals surface area contributed by atoms with Gasteiger partial charge >= 0.3 is 12.0 Å². The summed E-state index contributed by atoms with van der Waals surface area (Å²) in [5.41, 5.74) is 0.553. The first-order valence-corrected chi connectivity index (χ1v) is 7.16. The number of nitrogens with one attached hydrogen (secondary N) is 1. The number of rotatable bonds is 6. The van der Waals surface area contributed by atoms with Crippen LogP contribution < -0.4 is 10.1 Å². The van der Waals surface area contributed by atoms with Crippen LogP contribution in [-0.4, -0.2) is 49.0 Å². The fourth-order valence-corrected chi connectivity index (χ4v) is 1.91. The molecule has 1 aromatic carbocycles. The molecule has 2 N–H and O–H groups in total. The number of urea groups is 1. The first kappa shape index (κ1) is 16.2. The van der Waals surface area contributed by atoms with E-state index in [0.717, 1.165) is 4.90 Å².